The van der Waals surface area contributed by atoms with Crippen molar-refractivity contribution in [3.05, 3.63) is 42.2 Å². The van der Waals surface area contributed by atoms with E-state index < -0.39 is 0 Å². The lowest BCUT2D eigenvalue weighted by Gasteiger charge is -2.31. The molecule has 7 nitrogen and oxygen atoms in total. The average Bonchev–Trinajstić information content (AvgIpc) is 3.21. The molecule has 130 valence electrons. The molecule has 0 aliphatic carbocycles. The van der Waals surface area contributed by atoms with E-state index in [0.717, 1.165) is 19.4 Å². The lowest BCUT2D eigenvalue weighted by atomic mass is 10.1. The maximum atomic E-state index is 13.3. The highest BCUT2D eigenvalue weighted by molar-refractivity contribution is 5.92. The number of amides is 1. The molecule has 1 aromatic carbocycles. The van der Waals surface area contributed by atoms with Gasteiger partial charge in [0.2, 0.25) is 0 Å². The number of anilines is 1. The SMILES string of the molecule is Cn1cnc(C(=O)NC2CCCN(c3nc4ccc(F)cc4o3)C2)c1. The van der Waals surface area contributed by atoms with E-state index >= 15 is 0 Å². The van der Waals surface area contributed by atoms with E-state index in [0.29, 0.717) is 29.4 Å². The third-order valence-electron chi connectivity index (χ3n) is 4.30. The van der Waals surface area contributed by atoms with Gasteiger partial charge >= 0.3 is 0 Å². The molecule has 3 heterocycles. The van der Waals surface area contributed by atoms with Gasteiger partial charge in [0, 0.05) is 38.4 Å². The van der Waals surface area contributed by atoms with Gasteiger partial charge in [-0.2, -0.15) is 4.98 Å². The number of piperidine rings is 1. The Labute approximate surface area is 143 Å². The summed E-state index contributed by atoms with van der Waals surface area (Å²) >= 11 is 0. The molecule has 1 aliphatic rings. The minimum Gasteiger partial charge on any atom is -0.423 e. The Morgan fingerprint density at radius 3 is 3.12 bits per heavy atom. The Morgan fingerprint density at radius 1 is 1.44 bits per heavy atom. The van der Waals surface area contributed by atoms with Crippen LogP contribution in [0.15, 0.2) is 35.1 Å². The van der Waals surface area contributed by atoms with E-state index in [4.69, 9.17) is 4.42 Å². The van der Waals surface area contributed by atoms with Crippen LogP contribution in [0.2, 0.25) is 0 Å². The van der Waals surface area contributed by atoms with E-state index in [2.05, 4.69) is 15.3 Å². The normalized spacial score (nSPS) is 17.8. The summed E-state index contributed by atoms with van der Waals surface area (Å²) in [6, 6.07) is 4.73. The second-order valence-electron chi connectivity index (χ2n) is 6.29. The summed E-state index contributed by atoms with van der Waals surface area (Å²) in [5, 5.41) is 3.01. The molecule has 8 heteroatoms. The van der Waals surface area contributed by atoms with Crippen molar-refractivity contribution >= 4 is 23.0 Å². The standard InChI is InChI=1S/C17H18FN5O2/c1-22-9-14(19-10-22)16(24)20-12-3-2-6-23(8-12)17-21-13-5-4-11(18)7-15(13)25-17/h4-5,7,9-10,12H,2-3,6,8H2,1H3,(H,20,24). The van der Waals surface area contributed by atoms with E-state index in [9.17, 15) is 9.18 Å². The van der Waals surface area contributed by atoms with Crippen LogP contribution in [0.3, 0.4) is 0 Å². The molecular formula is C17H18FN5O2. The van der Waals surface area contributed by atoms with Crippen LogP contribution in [-0.2, 0) is 7.05 Å². The van der Waals surface area contributed by atoms with Gasteiger partial charge in [-0.15, -0.1) is 0 Å². The first-order chi connectivity index (χ1) is 12.1. The van der Waals surface area contributed by atoms with Crippen LogP contribution in [0, 0.1) is 5.82 Å². The molecule has 2 aromatic heterocycles. The number of aromatic nitrogens is 3. The Kier molecular flexibility index (Phi) is 3.87. The van der Waals surface area contributed by atoms with Gasteiger partial charge in [0.1, 0.15) is 17.0 Å². The molecule has 1 saturated heterocycles. The molecule has 25 heavy (non-hydrogen) atoms. The predicted octanol–water partition coefficient (Wildman–Crippen LogP) is 2.10. The van der Waals surface area contributed by atoms with Crippen LogP contribution >= 0.6 is 0 Å². The summed E-state index contributed by atoms with van der Waals surface area (Å²) < 4.78 is 20.7. The second-order valence-corrected chi connectivity index (χ2v) is 6.29. The van der Waals surface area contributed by atoms with Gasteiger partial charge in [0.05, 0.1) is 6.33 Å². The van der Waals surface area contributed by atoms with Crippen molar-refractivity contribution in [2.75, 3.05) is 18.0 Å². The molecule has 4 rings (SSSR count). The number of hydrogen-bond acceptors (Lipinski definition) is 5. The number of halogens is 1. The minimum atomic E-state index is -0.352. The topological polar surface area (TPSA) is 76.2 Å². The molecule has 3 aromatic rings. The summed E-state index contributed by atoms with van der Waals surface area (Å²) in [5.74, 6) is -0.540. The highest BCUT2D eigenvalue weighted by atomic mass is 19.1. The molecule has 1 aliphatic heterocycles. The van der Waals surface area contributed by atoms with E-state index in [1.165, 1.54) is 12.1 Å². The number of benzene rings is 1. The van der Waals surface area contributed by atoms with Crippen molar-refractivity contribution in [1.82, 2.24) is 19.9 Å². The zero-order valence-electron chi connectivity index (χ0n) is 13.8. The van der Waals surface area contributed by atoms with E-state index in [-0.39, 0.29) is 17.8 Å². The lowest BCUT2D eigenvalue weighted by molar-refractivity contribution is 0.0928. The van der Waals surface area contributed by atoms with Gasteiger partial charge < -0.3 is 19.2 Å². The fourth-order valence-electron chi connectivity index (χ4n) is 3.08. The van der Waals surface area contributed by atoms with Crippen molar-refractivity contribution < 1.29 is 13.6 Å². The maximum Gasteiger partial charge on any atom is 0.298 e. The summed E-state index contributed by atoms with van der Waals surface area (Å²) in [7, 11) is 1.82. The summed E-state index contributed by atoms with van der Waals surface area (Å²) in [4.78, 5) is 22.7. The predicted molar refractivity (Wildman–Crippen MR) is 89.9 cm³/mol. The quantitative estimate of drug-likeness (QED) is 0.788. The fourth-order valence-corrected chi connectivity index (χ4v) is 3.08. The van der Waals surface area contributed by atoms with Gasteiger partial charge in [0.25, 0.3) is 11.9 Å². The van der Waals surface area contributed by atoms with Gasteiger partial charge in [-0.1, -0.05) is 0 Å². The average molecular weight is 343 g/mol. The van der Waals surface area contributed by atoms with Gasteiger partial charge in [-0.3, -0.25) is 4.79 Å². The monoisotopic (exact) mass is 343 g/mol. The number of carbonyl (C=O) groups excluding carboxylic acids is 1. The molecule has 0 saturated carbocycles. The van der Waals surface area contributed by atoms with Gasteiger partial charge in [0.15, 0.2) is 5.58 Å². The van der Waals surface area contributed by atoms with Crippen LogP contribution in [-0.4, -0.2) is 39.6 Å². The molecule has 0 spiro atoms. The van der Waals surface area contributed by atoms with Crippen molar-refractivity contribution in [3.8, 4) is 0 Å². The third kappa shape index (κ3) is 3.19. The molecule has 1 amide bonds. The first-order valence-electron chi connectivity index (χ1n) is 8.18. The highest BCUT2D eigenvalue weighted by Crippen LogP contribution is 2.25. The minimum absolute atomic E-state index is 0.0185. The van der Waals surface area contributed by atoms with Crippen LogP contribution in [0.5, 0.6) is 0 Å². The van der Waals surface area contributed by atoms with Crippen LogP contribution in [0.25, 0.3) is 11.1 Å². The Bertz CT molecular complexity index is 919. The number of oxazole rings is 1. The Morgan fingerprint density at radius 2 is 2.32 bits per heavy atom. The number of rotatable bonds is 3. The first-order valence-corrected chi connectivity index (χ1v) is 8.18. The highest BCUT2D eigenvalue weighted by Gasteiger charge is 2.25. The fraction of sp³-hybridized carbons (Fsp3) is 0.353. The van der Waals surface area contributed by atoms with Crippen molar-refractivity contribution in [1.29, 1.82) is 0 Å². The van der Waals surface area contributed by atoms with E-state index in [1.807, 2.05) is 11.9 Å². The van der Waals surface area contributed by atoms with Crippen molar-refractivity contribution in [3.63, 3.8) is 0 Å². The number of hydrogen-bond donors (Lipinski definition) is 1. The molecule has 1 fully saturated rings. The number of aryl methyl sites for hydroxylation is 1. The molecular weight excluding hydrogens is 325 g/mol. The molecule has 0 radical (unpaired) electrons. The van der Waals surface area contributed by atoms with Gasteiger partial charge in [-0.05, 0) is 25.0 Å². The summed E-state index contributed by atoms with van der Waals surface area (Å²) in [6.07, 6.45) is 5.06. The van der Waals surface area contributed by atoms with Crippen LogP contribution < -0.4 is 10.2 Å². The summed E-state index contributed by atoms with van der Waals surface area (Å²) in [6.45, 7) is 1.37. The molecule has 0 bridgehead atoms. The summed E-state index contributed by atoms with van der Waals surface area (Å²) in [5.41, 5.74) is 1.45. The molecule has 1 atom stereocenters. The number of nitrogens with zero attached hydrogens (tertiary/aromatic N) is 4. The largest absolute Gasteiger partial charge is 0.423 e. The van der Waals surface area contributed by atoms with Crippen molar-refractivity contribution in [2.45, 2.75) is 18.9 Å². The molecule has 1 unspecified atom stereocenters. The Balaban J connectivity index is 1.47. The molecule has 1 N–H and O–H groups in total. The second kappa shape index (κ2) is 6.19. The van der Waals surface area contributed by atoms with Crippen LogP contribution in [0.1, 0.15) is 23.3 Å². The number of nitrogens with one attached hydrogen (secondary N) is 1. The number of imidazole rings is 1. The van der Waals surface area contributed by atoms with Gasteiger partial charge in [-0.25, -0.2) is 9.37 Å². The van der Waals surface area contributed by atoms with Crippen LogP contribution in [0.4, 0.5) is 10.4 Å². The number of fused-ring (bicyclic) bond motifs is 1. The zero-order valence-corrected chi connectivity index (χ0v) is 13.8. The third-order valence-corrected chi connectivity index (χ3v) is 4.30. The smallest absolute Gasteiger partial charge is 0.298 e. The number of carbonyl (C=O) groups is 1. The first kappa shape index (κ1) is 15.6. The van der Waals surface area contributed by atoms with Crippen molar-refractivity contribution in [2.24, 2.45) is 7.05 Å². The van der Waals surface area contributed by atoms with E-state index in [1.54, 1.807) is 23.2 Å². The Hall–Kier alpha value is -2.90. The maximum absolute atomic E-state index is 13.3. The lowest BCUT2D eigenvalue weighted by Crippen LogP contribution is -2.48. The zero-order chi connectivity index (χ0) is 17.4.